The normalized spacial score (nSPS) is 11.4. The fourth-order valence-corrected chi connectivity index (χ4v) is 3.73. The van der Waals surface area contributed by atoms with Crippen molar-refractivity contribution in [1.29, 1.82) is 0 Å². The summed E-state index contributed by atoms with van der Waals surface area (Å²) < 4.78 is 46.0. The average molecular weight is 448 g/mol. The summed E-state index contributed by atoms with van der Waals surface area (Å²) in [5.41, 5.74) is 2.23. The van der Waals surface area contributed by atoms with Crippen molar-refractivity contribution in [2.45, 2.75) is 38.9 Å². The third-order valence-corrected chi connectivity index (χ3v) is 5.35. The van der Waals surface area contributed by atoms with E-state index >= 15 is 0 Å². The molecule has 0 spiro atoms. The van der Waals surface area contributed by atoms with Gasteiger partial charge < -0.3 is 10.1 Å². The zero-order chi connectivity index (χ0) is 22.3. The first kappa shape index (κ1) is 22.8. The highest BCUT2D eigenvalue weighted by molar-refractivity contribution is 7.14. The summed E-state index contributed by atoms with van der Waals surface area (Å²) in [5, 5.41) is 5.34. The molecule has 0 saturated heterocycles. The molecule has 4 nitrogen and oxygen atoms in total. The average Bonchev–Trinajstić information content (AvgIpc) is 3.20. The number of aliphatic imine (C=N–C) groups is 1. The molecule has 31 heavy (non-hydrogen) atoms. The zero-order valence-electron chi connectivity index (χ0n) is 17.2. The van der Waals surface area contributed by atoms with E-state index in [4.69, 9.17) is 4.74 Å². The molecule has 0 aliphatic carbocycles. The van der Waals surface area contributed by atoms with Crippen molar-refractivity contribution in [2.24, 2.45) is 4.99 Å². The monoisotopic (exact) mass is 447 g/mol. The lowest BCUT2D eigenvalue weighted by Crippen LogP contribution is -2.10. The Morgan fingerprint density at radius 1 is 1.13 bits per heavy atom. The number of rotatable bonds is 10. The molecule has 3 aromatic rings. The lowest BCUT2D eigenvalue weighted by atomic mass is 10.1. The summed E-state index contributed by atoms with van der Waals surface area (Å²) in [6, 6.07) is 11.8. The number of hydrogen-bond acceptors (Lipinski definition) is 5. The van der Waals surface area contributed by atoms with E-state index in [9.17, 15) is 13.2 Å². The van der Waals surface area contributed by atoms with E-state index < -0.39 is 11.7 Å². The van der Waals surface area contributed by atoms with Crippen LogP contribution in [0.5, 0.6) is 5.75 Å². The van der Waals surface area contributed by atoms with Gasteiger partial charge in [-0.15, -0.1) is 11.3 Å². The van der Waals surface area contributed by atoms with E-state index in [1.54, 1.807) is 6.07 Å². The molecule has 0 unspecified atom stereocenters. The molecule has 1 aromatic heterocycles. The summed E-state index contributed by atoms with van der Waals surface area (Å²) in [4.78, 5) is 8.35. The van der Waals surface area contributed by atoms with Gasteiger partial charge in [-0.2, -0.15) is 13.2 Å². The van der Waals surface area contributed by atoms with Gasteiger partial charge in [0.15, 0.2) is 5.13 Å². The lowest BCUT2D eigenvalue weighted by molar-refractivity contribution is -0.138. The molecule has 0 amide bonds. The predicted molar refractivity (Wildman–Crippen MR) is 121 cm³/mol. The minimum Gasteiger partial charge on any atom is -0.493 e. The summed E-state index contributed by atoms with van der Waals surface area (Å²) in [6.45, 7) is 6.32. The number of anilines is 2. The molecule has 0 bridgehead atoms. The number of alkyl halides is 3. The van der Waals surface area contributed by atoms with Crippen LogP contribution in [0.1, 0.15) is 37.3 Å². The summed E-state index contributed by atoms with van der Waals surface area (Å²) in [7, 11) is 0. The zero-order valence-corrected chi connectivity index (χ0v) is 18.0. The van der Waals surface area contributed by atoms with Gasteiger partial charge in [0.25, 0.3) is 0 Å². The molecule has 0 atom stereocenters. The van der Waals surface area contributed by atoms with Gasteiger partial charge in [-0.3, -0.25) is 4.99 Å². The summed E-state index contributed by atoms with van der Waals surface area (Å²) in [5.74, 6) is -0.150. The molecule has 2 aromatic carbocycles. The Morgan fingerprint density at radius 3 is 2.58 bits per heavy atom. The highest BCUT2D eigenvalue weighted by atomic mass is 32.1. The topological polar surface area (TPSA) is 46.5 Å². The first-order valence-electron chi connectivity index (χ1n) is 9.99. The van der Waals surface area contributed by atoms with Gasteiger partial charge in [0.1, 0.15) is 5.75 Å². The van der Waals surface area contributed by atoms with Crippen LogP contribution in [0.25, 0.3) is 11.3 Å². The molecular weight excluding hydrogens is 423 g/mol. The van der Waals surface area contributed by atoms with Crippen LogP contribution < -0.4 is 10.1 Å². The molecule has 0 aliphatic heterocycles. The van der Waals surface area contributed by atoms with Gasteiger partial charge in [-0.05, 0) is 36.9 Å². The van der Waals surface area contributed by atoms with Gasteiger partial charge >= 0.3 is 6.18 Å². The first-order chi connectivity index (χ1) is 14.9. The number of benzene rings is 2. The number of unbranched alkanes of at least 4 members (excludes halogenated alkanes) is 2. The standard InChI is InChI=1S/C23H24F3N3OS/c1-3-4-5-12-30-21-11-10-18(13-19(21)23(24,25)26)28-22-29-20(15-31-22)17-8-6-16(7-9-17)14-27-2/h6-11,13,15H,2-5,12,14H2,1H3,(H,28,29). The quantitative estimate of drug-likeness (QED) is 0.261. The largest absolute Gasteiger partial charge is 0.493 e. The Hall–Kier alpha value is -2.87. The Kier molecular flexibility index (Phi) is 7.68. The van der Waals surface area contributed by atoms with Gasteiger partial charge in [0, 0.05) is 16.6 Å². The second-order valence-electron chi connectivity index (χ2n) is 7.01. The Morgan fingerprint density at radius 2 is 1.90 bits per heavy atom. The maximum Gasteiger partial charge on any atom is 0.420 e. The molecule has 1 heterocycles. The molecule has 0 aliphatic rings. The minimum absolute atomic E-state index is 0.150. The van der Waals surface area contributed by atoms with Crippen LogP contribution >= 0.6 is 11.3 Å². The second-order valence-corrected chi connectivity index (χ2v) is 7.86. The molecule has 0 radical (unpaired) electrons. The highest BCUT2D eigenvalue weighted by Gasteiger charge is 2.34. The van der Waals surface area contributed by atoms with Crippen LogP contribution in [0.2, 0.25) is 0 Å². The number of hydrogen-bond donors (Lipinski definition) is 1. The number of halogens is 3. The third-order valence-electron chi connectivity index (χ3n) is 4.59. The van der Waals surface area contributed by atoms with E-state index in [1.807, 2.05) is 36.6 Å². The number of nitrogens with one attached hydrogen (secondary N) is 1. The van der Waals surface area contributed by atoms with Crippen LogP contribution in [-0.4, -0.2) is 18.3 Å². The van der Waals surface area contributed by atoms with E-state index in [0.717, 1.165) is 42.1 Å². The lowest BCUT2D eigenvalue weighted by Gasteiger charge is -2.15. The fourth-order valence-electron chi connectivity index (χ4n) is 2.99. The highest BCUT2D eigenvalue weighted by Crippen LogP contribution is 2.39. The number of nitrogens with zero attached hydrogens (tertiary/aromatic N) is 2. The van der Waals surface area contributed by atoms with Crippen LogP contribution in [-0.2, 0) is 12.7 Å². The Bertz CT molecular complexity index is 1000. The van der Waals surface area contributed by atoms with E-state index in [-0.39, 0.29) is 12.4 Å². The van der Waals surface area contributed by atoms with Crippen molar-refractivity contribution in [3.8, 4) is 17.0 Å². The van der Waals surface area contributed by atoms with Crippen molar-refractivity contribution < 1.29 is 17.9 Å². The third kappa shape index (κ3) is 6.30. The van der Waals surface area contributed by atoms with Crippen molar-refractivity contribution in [3.63, 3.8) is 0 Å². The van der Waals surface area contributed by atoms with Gasteiger partial charge in [0.2, 0.25) is 0 Å². The number of aromatic nitrogens is 1. The van der Waals surface area contributed by atoms with Crippen LogP contribution in [0.15, 0.2) is 52.8 Å². The van der Waals surface area contributed by atoms with Crippen LogP contribution in [0, 0.1) is 0 Å². The van der Waals surface area contributed by atoms with E-state index in [1.165, 1.54) is 17.4 Å². The molecule has 0 saturated carbocycles. The Labute approximate surface area is 183 Å². The molecule has 8 heteroatoms. The minimum atomic E-state index is -4.51. The van der Waals surface area contributed by atoms with E-state index in [0.29, 0.717) is 17.4 Å². The van der Waals surface area contributed by atoms with Crippen LogP contribution in [0.3, 0.4) is 0 Å². The molecular formula is C23H24F3N3OS. The molecule has 164 valence electrons. The smallest absolute Gasteiger partial charge is 0.420 e. The second kappa shape index (κ2) is 10.4. The summed E-state index contributed by atoms with van der Waals surface area (Å²) in [6.07, 6.45) is -1.89. The maximum atomic E-state index is 13.5. The molecule has 3 rings (SSSR count). The van der Waals surface area contributed by atoms with Crippen molar-refractivity contribution >= 4 is 28.9 Å². The number of ether oxygens (including phenoxy) is 1. The predicted octanol–water partition coefficient (Wildman–Crippen LogP) is 7.34. The first-order valence-corrected chi connectivity index (χ1v) is 10.9. The summed E-state index contributed by atoms with van der Waals surface area (Å²) >= 11 is 1.33. The maximum absolute atomic E-state index is 13.5. The van der Waals surface area contributed by atoms with Gasteiger partial charge in [-0.25, -0.2) is 4.98 Å². The van der Waals surface area contributed by atoms with Crippen molar-refractivity contribution in [2.75, 3.05) is 11.9 Å². The molecule has 0 fully saturated rings. The van der Waals surface area contributed by atoms with Gasteiger partial charge in [0.05, 0.1) is 24.4 Å². The van der Waals surface area contributed by atoms with Crippen molar-refractivity contribution in [1.82, 2.24) is 4.98 Å². The van der Waals surface area contributed by atoms with Crippen molar-refractivity contribution in [3.05, 3.63) is 59.0 Å². The Balaban J connectivity index is 1.74. The SMILES string of the molecule is C=NCc1ccc(-c2csc(Nc3ccc(OCCCCC)c(C(F)(F)F)c3)n2)cc1. The number of thiazole rings is 1. The van der Waals surface area contributed by atoms with Crippen LogP contribution in [0.4, 0.5) is 24.0 Å². The molecule has 1 N–H and O–H groups in total. The van der Waals surface area contributed by atoms with Gasteiger partial charge in [-0.1, -0.05) is 44.0 Å². The van der Waals surface area contributed by atoms with E-state index in [2.05, 4.69) is 22.0 Å². The fraction of sp³-hybridized carbons (Fsp3) is 0.304.